The first-order valence-corrected chi connectivity index (χ1v) is 2.95. The van der Waals surface area contributed by atoms with Crippen LogP contribution in [0.1, 0.15) is 19.3 Å². The molecule has 1 fully saturated rings. The van der Waals surface area contributed by atoms with Gasteiger partial charge in [0.25, 0.3) is 0 Å². The molecule has 9 heavy (non-hydrogen) atoms. The quantitative estimate of drug-likeness (QED) is 0.609. The summed E-state index contributed by atoms with van der Waals surface area (Å²) >= 11 is 0. The largest absolute Gasteiger partial charge is 0.481 e. The van der Waals surface area contributed by atoms with Crippen molar-refractivity contribution < 1.29 is 14.6 Å². The molecule has 52 valence electrons. The fourth-order valence-electron chi connectivity index (χ4n) is 0.868. The number of carboxylic acids is 1. The lowest BCUT2D eigenvalue weighted by molar-refractivity contribution is -0.140. The predicted octanol–water partition coefficient (Wildman–Crippen LogP) is 0.640. The second kappa shape index (κ2) is 1.99. The number of carbonyl (C=O) groups is 1. The van der Waals surface area contributed by atoms with Gasteiger partial charge in [-0.2, -0.15) is 0 Å². The first-order valence-electron chi connectivity index (χ1n) is 2.95. The maximum Gasteiger partial charge on any atom is 0.306 e. The fraction of sp³-hybridized carbons (Fsp3) is 0.833. The maximum atomic E-state index is 10.1. The van der Waals surface area contributed by atoms with Gasteiger partial charge in [-0.15, -0.1) is 0 Å². The monoisotopic (exact) mass is 130 g/mol. The normalized spacial score (nSPS) is 21.4. The summed E-state index contributed by atoms with van der Waals surface area (Å²) in [5.41, 5.74) is -0.286. The summed E-state index contributed by atoms with van der Waals surface area (Å²) in [6.07, 6.45) is 1.95. The lowest BCUT2D eigenvalue weighted by Gasteiger charge is -2.07. The molecule has 0 unspecified atom stereocenters. The van der Waals surface area contributed by atoms with Gasteiger partial charge in [0.1, 0.15) is 0 Å². The topological polar surface area (TPSA) is 46.5 Å². The molecule has 0 aromatic rings. The minimum absolute atomic E-state index is 0.156. The Morgan fingerprint density at radius 3 is 2.44 bits per heavy atom. The fourth-order valence-corrected chi connectivity index (χ4v) is 0.868. The average molecular weight is 130 g/mol. The van der Waals surface area contributed by atoms with E-state index in [9.17, 15) is 4.79 Å². The summed E-state index contributed by atoms with van der Waals surface area (Å²) in [5, 5.41) is 8.34. The summed E-state index contributed by atoms with van der Waals surface area (Å²) < 4.78 is 4.98. The molecule has 1 N–H and O–H groups in total. The zero-order valence-electron chi connectivity index (χ0n) is 5.39. The SMILES string of the molecule is COC1(CC(=O)O)CC1. The molecule has 3 nitrogen and oxygen atoms in total. The second-order valence-corrected chi connectivity index (χ2v) is 2.46. The molecule has 0 radical (unpaired) electrons. The van der Waals surface area contributed by atoms with Gasteiger partial charge in [-0.3, -0.25) is 4.79 Å². The van der Waals surface area contributed by atoms with E-state index in [1.165, 1.54) is 0 Å². The van der Waals surface area contributed by atoms with E-state index in [0.29, 0.717) is 0 Å². The van der Waals surface area contributed by atoms with E-state index in [4.69, 9.17) is 9.84 Å². The molecule has 0 aromatic heterocycles. The van der Waals surface area contributed by atoms with Crippen molar-refractivity contribution in [2.24, 2.45) is 0 Å². The Morgan fingerprint density at radius 1 is 1.78 bits per heavy atom. The van der Waals surface area contributed by atoms with Crippen molar-refractivity contribution in [1.29, 1.82) is 0 Å². The molecule has 1 aliphatic rings. The van der Waals surface area contributed by atoms with Gasteiger partial charge in [0.05, 0.1) is 12.0 Å². The highest BCUT2D eigenvalue weighted by atomic mass is 16.5. The molecule has 0 amide bonds. The molecule has 0 aliphatic heterocycles. The van der Waals surface area contributed by atoms with Crippen LogP contribution in [0.15, 0.2) is 0 Å². The van der Waals surface area contributed by atoms with Gasteiger partial charge in [0.15, 0.2) is 0 Å². The van der Waals surface area contributed by atoms with Crippen LogP contribution in [-0.2, 0) is 9.53 Å². The highest BCUT2D eigenvalue weighted by Gasteiger charge is 2.44. The number of ether oxygens (including phenoxy) is 1. The van der Waals surface area contributed by atoms with Crippen LogP contribution in [0.2, 0.25) is 0 Å². The van der Waals surface area contributed by atoms with Crippen molar-refractivity contribution in [3.05, 3.63) is 0 Å². The molecule has 0 heterocycles. The third-order valence-corrected chi connectivity index (χ3v) is 1.71. The molecule has 3 heteroatoms. The number of methoxy groups -OCH3 is 1. The van der Waals surface area contributed by atoms with Gasteiger partial charge < -0.3 is 9.84 Å². The van der Waals surface area contributed by atoms with Crippen LogP contribution in [0.25, 0.3) is 0 Å². The zero-order chi connectivity index (χ0) is 6.91. The molecule has 0 atom stereocenters. The van der Waals surface area contributed by atoms with Crippen molar-refractivity contribution in [2.75, 3.05) is 7.11 Å². The molecule has 0 saturated heterocycles. The van der Waals surface area contributed by atoms with Gasteiger partial charge in [-0.1, -0.05) is 0 Å². The van der Waals surface area contributed by atoms with Crippen LogP contribution >= 0.6 is 0 Å². The Labute approximate surface area is 53.6 Å². The molecular formula is C6H10O3. The minimum Gasteiger partial charge on any atom is -0.481 e. The number of aliphatic carboxylic acids is 1. The third-order valence-electron chi connectivity index (χ3n) is 1.71. The Morgan fingerprint density at radius 2 is 2.33 bits per heavy atom. The summed E-state index contributed by atoms with van der Waals surface area (Å²) in [4.78, 5) is 10.1. The van der Waals surface area contributed by atoms with Crippen LogP contribution in [0.3, 0.4) is 0 Å². The van der Waals surface area contributed by atoms with Crippen molar-refractivity contribution >= 4 is 5.97 Å². The smallest absolute Gasteiger partial charge is 0.306 e. The van der Waals surface area contributed by atoms with Gasteiger partial charge >= 0.3 is 5.97 Å². The van der Waals surface area contributed by atoms with E-state index in [1.807, 2.05) is 0 Å². The third kappa shape index (κ3) is 1.42. The van der Waals surface area contributed by atoms with E-state index in [2.05, 4.69) is 0 Å². The van der Waals surface area contributed by atoms with Crippen LogP contribution in [0, 0.1) is 0 Å². The molecule has 0 aromatic carbocycles. The number of carboxylic acid groups (broad SMARTS) is 1. The highest BCUT2D eigenvalue weighted by molar-refractivity contribution is 5.68. The second-order valence-electron chi connectivity index (χ2n) is 2.46. The average Bonchev–Trinajstić information content (AvgIpc) is 2.48. The standard InChI is InChI=1S/C6H10O3/c1-9-6(2-3-6)4-5(7)8/h2-4H2,1H3,(H,7,8). The number of rotatable bonds is 3. The van der Waals surface area contributed by atoms with E-state index in [-0.39, 0.29) is 12.0 Å². The van der Waals surface area contributed by atoms with Gasteiger partial charge in [-0.05, 0) is 12.8 Å². The van der Waals surface area contributed by atoms with E-state index < -0.39 is 5.97 Å². The molecular weight excluding hydrogens is 120 g/mol. The molecule has 1 aliphatic carbocycles. The van der Waals surface area contributed by atoms with Crippen molar-refractivity contribution in [3.63, 3.8) is 0 Å². The molecule has 0 bridgehead atoms. The Bertz CT molecular complexity index is 126. The van der Waals surface area contributed by atoms with E-state index in [0.717, 1.165) is 12.8 Å². The van der Waals surface area contributed by atoms with Gasteiger partial charge in [-0.25, -0.2) is 0 Å². The highest BCUT2D eigenvalue weighted by Crippen LogP contribution is 2.41. The van der Waals surface area contributed by atoms with Gasteiger partial charge in [0.2, 0.25) is 0 Å². The first kappa shape index (κ1) is 6.55. The zero-order valence-corrected chi connectivity index (χ0v) is 5.39. The minimum atomic E-state index is -0.769. The van der Waals surface area contributed by atoms with Crippen LogP contribution in [-0.4, -0.2) is 23.8 Å². The molecule has 1 saturated carbocycles. The van der Waals surface area contributed by atoms with E-state index >= 15 is 0 Å². The van der Waals surface area contributed by atoms with Crippen molar-refractivity contribution in [1.82, 2.24) is 0 Å². The molecule has 0 spiro atoms. The lowest BCUT2D eigenvalue weighted by Crippen LogP contribution is -2.16. The van der Waals surface area contributed by atoms with Crippen LogP contribution in [0.5, 0.6) is 0 Å². The Balaban J connectivity index is 2.33. The number of hydrogen-bond acceptors (Lipinski definition) is 2. The summed E-state index contributed by atoms with van der Waals surface area (Å²) in [5.74, 6) is -0.769. The summed E-state index contributed by atoms with van der Waals surface area (Å²) in [7, 11) is 1.57. The predicted molar refractivity (Wildman–Crippen MR) is 31.2 cm³/mol. The van der Waals surface area contributed by atoms with Crippen molar-refractivity contribution in [3.8, 4) is 0 Å². The maximum absolute atomic E-state index is 10.1. The summed E-state index contributed by atoms with van der Waals surface area (Å²) in [6.45, 7) is 0. The van der Waals surface area contributed by atoms with Crippen LogP contribution < -0.4 is 0 Å². The Hall–Kier alpha value is -0.570. The van der Waals surface area contributed by atoms with Crippen LogP contribution in [0.4, 0.5) is 0 Å². The van der Waals surface area contributed by atoms with E-state index in [1.54, 1.807) is 7.11 Å². The summed E-state index contributed by atoms with van der Waals surface area (Å²) in [6, 6.07) is 0. The Kier molecular flexibility index (Phi) is 1.45. The first-order chi connectivity index (χ1) is 4.18. The van der Waals surface area contributed by atoms with Gasteiger partial charge in [0, 0.05) is 7.11 Å². The molecule has 1 rings (SSSR count). The lowest BCUT2D eigenvalue weighted by atomic mass is 10.2. The number of hydrogen-bond donors (Lipinski definition) is 1. The van der Waals surface area contributed by atoms with Crippen molar-refractivity contribution in [2.45, 2.75) is 24.9 Å².